The summed E-state index contributed by atoms with van der Waals surface area (Å²) in [5.74, 6) is -0.320. The molecule has 152 valence electrons. The second kappa shape index (κ2) is 9.63. The number of pyridine rings is 1. The zero-order chi connectivity index (χ0) is 21.5. The van der Waals surface area contributed by atoms with Gasteiger partial charge in [0, 0.05) is 6.20 Å². The lowest BCUT2D eigenvalue weighted by Crippen LogP contribution is -2.38. The fourth-order valence-electron chi connectivity index (χ4n) is 3.48. The molecule has 4 rings (SSSR count). The number of aromatic nitrogens is 1. The Kier molecular flexibility index (Phi) is 6.29. The normalized spacial score (nSPS) is 12.0. The molecular weight excluding hydrogens is 384 g/mol. The summed E-state index contributed by atoms with van der Waals surface area (Å²) in [5, 5.41) is 5.14. The zero-order valence-corrected chi connectivity index (χ0v) is 16.9. The second-order valence-electron chi connectivity index (χ2n) is 7.28. The van der Waals surface area contributed by atoms with Crippen LogP contribution in [0.3, 0.4) is 0 Å². The Morgan fingerprint density at radius 2 is 1.65 bits per heavy atom. The van der Waals surface area contributed by atoms with Gasteiger partial charge >= 0.3 is 0 Å². The number of hydrogen-bond acceptors (Lipinski definition) is 3. The molecule has 0 fully saturated rings. The Bertz CT molecular complexity index is 1230. The van der Waals surface area contributed by atoms with Crippen LogP contribution in [0.15, 0.2) is 91.1 Å². The van der Waals surface area contributed by atoms with E-state index in [1.165, 1.54) is 5.39 Å². The molecule has 1 aromatic heterocycles. The molecule has 4 nitrogen and oxygen atoms in total. The predicted molar refractivity (Wildman–Crippen MR) is 125 cm³/mol. The van der Waals surface area contributed by atoms with Gasteiger partial charge in [0.2, 0.25) is 0 Å². The van der Waals surface area contributed by atoms with Gasteiger partial charge in [-0.1, -0.05) is 72.8 Å². The Morgan fingerprint density at radius 1 is 0.871 bits per heavy atom. The van der Waals surface area contributed by atoms with Crippen molar-refractivity contribution in [3.8, 4) is 0 Å². The molecule has 1 amide bonds. The minimum Gasteiger partial charge on any atom is -0.342 e. The van der Waals surface area contributed by atoms with Crippen molar-refractivity contribution in [1.82, 2.24) is 10.3 Å². The van der Waals surface area contributed by atoms with Gasteiger partial charge in [0.25, 0.3) is 5.91 Å². The third kappa shape index (κ3) is 5.11. The highest BCUT2D eigenvalue weighted by atomic mass is 16.2. The number of rotatable bonds is 7. The second-order valence-corrected chi connectivity index (χ2v) is 7.28. The molecule has 0 spiro atoms. The van der Waals surface area contributed by atoms with Gasteiger partial charge in [0.15, 0.2) is 0 Å². The maximum Gasteiger partial charge on any atom is 0.254 e. The van der Waals surface area contributed by atoms with Crippen LogP contribution in [0.2, 0.25) is 0 Å². The van der Waals surface area contributed by atoms with Crippen LogP contribution in [0.5, 0.6) is 0 Å². The summed E-state index contributed by atoms with van der Waals surface area (Å²) in [5.41, 5.74) is 2.99. The first-order valence-electron chi connectivity index (χ1n) is 10.1. The molecule has 1 heterocycles. The molecule has 1 atom stereocenters. The SMILES string of the molecule is O=C[C@H](Cc1ccccc1)NC(=O)c1cccnc1/C=C/c1ccc2ccccc2c1. The molecule has 0 aliphatic heterocycles. The maximum absolute atomic E-state index is 12.9. The van der Waals surface area contributed by atoms with E-state index >= 15 is 0 Å². The van der Waals surface area contributed by atoms with Crippen LogP contribution < -0.4 is 5.32 Å². The van der Waals surface area contributed by atoms with Crippen LogP contribution >= 0.6 is 0 Å². The third-order valence-corrected chi connectivity index (χ3v) is 5.07. The lowest BCUT2D eigenvalue weighted by Gasteiger charge is -2.14. The Hall–Kier alpha value is -4.05. The summed E-state index contributed by atoms with van der Waals surface area (Å²) < 4.78 is 0. The van der Waals surface area contributed by atoms with Gasteiger partial charge in [0.1, 0.15) is 6.29 Å². The van der Waals surface area contributed by atoms with Crippen LogP contribution in [-0.4, -0.2) is 23.2 Å². The lowest BCUT2D eigenvalue weighted by atomic mass is 10.0. The van der Waals surface area contributed by atoms with Crippen LogP contribution in [0.4, 0.5) is 0 Å². The van der Waals surface area contributed by atoms with Gasteiger partial charge in [-0.15, -0.1) is 0 Å². The van der Waals surface area contributed by atoms with Gasteiger partial charge in [-0.05, 0) is 52.6 Å². The number of fused-ring (bicyclic) bond motifs is 1. The van der Waals surface area contributed by atoms with E-state index < -0.39 is 6.04 Å². The summed E-state index contributed by atoms with van der Waals surface area (Å²) >= 11 is 0. The van der Waals surface area contributed by atoms with E-state index in [2.05, 4.69) is 34.6 Å². The van der Waals surface area contributed by atoms with Crippen LogP contribution in [0, 0.1) is 0 Å². The smallest absolute Gasteiger partial charge is 0.254 e. The van der Waals surface area contributed by atoms with Crippen LogP contribution in [0.25, 0.3) is 22.9 Å². The summed E-state index contributed by atoms with van der Waals surface area (Å²) in [4.78, 5) is 28.8. The van der Waals surface area contributed by atoms with Crippen LogP contribution in [-0.2, 0) is 11.2 Å². The summed E-state index contributed by atoms with van der Waals surface area (Å²) in [6, 6.07) is 26.8. The van der Waals surface area contributed by atoms with Gasteiger partial charge in [0.05, 0.1) is 17.3 Å². The predicted octanol–water partition coefficient (Wildman–Crippen LogP) is 4.95. The topological polar surface area (TPSA) is 59.1 Å². The minimum atomic E-state index is -0.604. The fraction of sp³-hybridized carbons (Fsp3) is 0.0741. The first kappa shape index (κ1) is 20.2. The largest absolute Gasteiger partial charge is 0.342 e. The van der Waals surface area contributed by atoms with Gasteiger partial charge in [-0.2, -0.15) is 0 Å². The Labute approximate surface area is 181 Å². The minimum absolute atomic E-state index is 0.320. The zero-order valence-electron chi connectivity index (χ0n) is 16.9. The molecule has 1 N–H and O–H groups in total. The highest BCUT2D eigenvalue weighted by Gasteiger charge is 2.16. The van der Waals surface area contributed by atoms with Crippen molar-refractivity contribution < 1.29 is 9.59 Å². The van der Waals surface area contributed by atoms with Crippen molar-refractivity contribution in [1.29, 1.82) is 0 Å². The maximum atomic E-state index is 12.9. The molecule has 3 aromatic carbocycles. The van der Waals surface area contributed by atoms with Crippen molar-refractivity contribution in [2.24, 2.45) is 0 Å². The molecule has 31 heavy (non-hydrogen) atoms. The molecule has 0 radical (unpaired) electrons. The summed E-state index contributed by atoms with van der Waals surface area (Å²) in [6.45, 7) is 0. The van der Waals surface area contributed by atoms with Gasteiger partial charge in [-0.25, -0.2) is 0 Å². The first-order chi connectivity index (χ1) is 15.2. The molecule has 4 heteroatoms. The van der Waals surface area contributed by atoms with Crippen molar-refractivity contribution >= 4 is 35.1 Å². The van der Waals surface area contributed by atoms with Crippen molar-refractivity contribution in [2.45, 2.75) is 12.5 Å². The quantitative estimate of drug-likeness (QED) is 0.442. The highest BCUT2D eigenvalue weighted by Crippen LogP contribution is 2.18. The van der Waals surface area contributed by atoms with Crippen molar-refractivity contribution in [3.05, 3.63) is 114 Å². The molecule has 0 bridgehead atoms. The van der Waals surface area contributed by atoms with E-state index in [1.54, 1.807) is 18.3 Å². The third-order valence-electron chi connectivity index (χ3n) is 5.07. The first-order valence-corrected chi connectivity index (χ1v) is 10.1. The molecule has 0 saturated carbocycles. The monoisotopic (exact) mass is 406 g/mol. The molecule has 4 aromatic rings. The molecule has 0 aliphatic rings. The number of aldehydes is 1. The average molecular weight is 406 g/mol. The number of amides is 1. The summed E-state index contributed by atoms with van der Waals surface area (Å²) in [6.07, 6.45) is 6.63. The van der Waals surface area contributed by atoms with Crippen molar-refractivity contribution in [3.63, 3.8) is 0 Å². The van der Waals surface area contributed by atoms with E-state index in [4.69, 9.17) is 0 Å². The van der Waals surface area contributed by atoms with Crippen LogP contribution in [0.1, 0.15) is 27.2 Å². The average Bonchev–Trinajstić information content (AvgIpc) is 2.83. The summed E-state index contributed by atoms with van der Waals surface area (Å²) in [7, 11) is 0. The molecular formula is C27H22N2O2. The lowest BCUT2D eigenvalue weighted by molar-refractivity contribution is -0.109. The number of carbonyl (C=O) groups is 2. The highest BCUT2D eigenvalue weighted by molar-refractivity contribution is 5.99. The van der Waals surface area contributed by atoms with Gasteiger partial charge in [-0.3, -0.25) is 9.78 Å². The van der Waals surface area contributed by atoms with Gasteiger partial charge < -0.3 is 10.1 Å². The van der Waals surface area contributed by atoms with E-state index in [0.717, 1.165) is 22.8 Å². The van der Waals surface area contributed by atoms with E-state index in [1.807, 2.05) is 60.7 Å². The number of nitrogens with one attached hydrogen (secondary N) is 1. The van der Waals surface area contributed by atoms with E-state index in [9.17, 15) is 9.59 Å². The molecule has 0 saturated heterocycles. The fourth-order valence-corrected chi connectivity index (χ4v) is 3.48. The molecule has 0 unspecified atom stereocenters. The van der Waals surface area contributed by atoms with E-state index in [0.29, 0.717) is 17.7 Å². The number of nitrogens with zero attached hydrogens (tertiary/aromatic N) is 1. The Balaban J connectivity index is 1.52. The van der Waals surface area contributed by atoms with Crippen molar-refractivity contribution in [2.75, 3.05) is 0 Å². The molecule has 0 aliphatic carbocycles. The number of hydrogen-bond donors (Lipinski definition) is 1. The Morgan fingerprint density at radius 3 is 2.45 bits per heavy atom. The van der Waals surface area contributed by atoms with E-state index in [-0.39, 0.29) is 5.91 Å². The number of carbonyl (C=O) groups excluding carboxylic acids is 2. The standard InChI is InChI=1S/C27H22N2O2/c30-19-24(18-20-7-2-1-3-8-20)29-27(31)25-11-6-16-28-26(25)15-13-21-12-14-22-9-4-5-10-23(22)17-21/h1-17,19,24H,18H2,(H,29,31)/b15-13+/t24-/m0/s1. The number of benzene rings is 3.